The summed E-state index contributed by atoms with van der Waals surface area (Å²) in [4.78, 5) is 33.8. The summed E-state index contributed by atoms with van der Waals surface area (Å²) >= 11 is 0. The van der Waals surface area contributed by atoms with Gasteiger partial charge in [0, 0.05) is 12.0 Å². The number of amides is 2. The third kappa shape index (κ3) is 4.38. The molecule has 1 aromatic carbocycles. The van der Waals surface area contributed by atoms with Crippen molar-refractivity contribution < 1.29 is 19.5 Å². The Morgan fingerprint density at radius 3 is 2.45 bits per heavy atom. The molecule has 108 valence electrons. The van der Waals surface area contributed by atoms with E-state index in [1.54, 1.807) is 19.1 Å². The highest BCUT2D eigenvalue weighted by molar-refractivity contribution is 5.97. The van der Waals surface area contributed by atoms with Gasteiger partial charge in [-0.1, -0.05) is 17.7 Å². The molecule has 20 heavy (non-hydrogen) atoms. The number of carboxylic acid groups (broad SMARTS) is 1. The predicted octanol–water partition coefficient (Wildman–Crippen LogP) is 0.752. The van der Waals surface area contributed by atoms with Crippen molar-refractivity contribution in [3.8, 4) is 0 Å². The third-order valence-electron chi connectivity index (χ3n) is 2.91. The molecule has 0 aliphatic rings. The van der Waals surface area contributed by atoms with Gasteiger partial charge in [0.05, 0.1) is 0 Å². The van der Waals surface area contributed by atoms with Crippen molar-refractivity contribution in [2.75, 3.05) is 0 Å². The van der Waals surface area contributed by atoms with Crippen LogP contribution >= 0.6 is 0 Å². The fraction of sp³-hybridized carbons (Fsp3) is 0.357. The lowest BCUT2D eigenvalue weighted by Crippen LogP contribution is -2.41. The van der Waals surface area contributed by atoms with E-state index in [-0.39, 0.29) is 12.8 Å². The summed E-state index contributed by atoms with van der Waals surface area (Å²) in [5.74, 6) is -2.26. The molecule has 0 saturated heterocycles. The van der Waals surface area contributed by atoms with Crippen LogP contribution in [-0.4, -0.2) is 28.9 Å². The second-order valence-corrected chi connectivity index (χ2v) is 4.69. The third-order valence-corrected chi connectivity index (χ3v) is 2.91. The number of hydrogen-bond acceptors (Lipinski definition) is 3. The van der Waals surface area contributed by atoms with E-state index in [0.717, 1.165) is 11.1 Å². The average molecular weight is 278 g/mol. The van der Waals surface area contributed by atoms with Crippen LogP contribution in [0.25, 0.3) is 0 Å². The Bertz CT molecular complexity index is 540. The van der Waals surface area contributed by atoms with Gasteiger partial charge >= 0.3 is 5.97 Å². The molecular weight excluding hydrogens is 260 g/mol. The van der Waals surface area contributed by atoms with E-state index in [2.05, 4.69) is 5.32 Å². The van der Waals surface area contributed by atoms with E-state index in [9.17, 15) is 14.4 Å². The quantitative estimate of drug-likeness (QED) is 0.713. The van der Waals surface area contributed by atoms with Crippen molar-refractivity contribution in [3.63, 3.8) is 0 Å². The van der Waals surface area contributed by atoms with Crippen molar-refractivity contribution in [1.29, 1.82) is 0 Å². The molecule has 0 heterocycles. The Labute approximate surface area is 117 Å². The smallest absolute Gasteiger partial charge is 0.326 e. The van der Waals surface area contributed by atoms with Crippen LogP contribution in [0.15, 0.2) is 18.2 Å². The van der Waals surface area contributed by atoms with Gasteiger partial charge in [0.2, 0.25) is 5.91 Å². The van der Waals surface area contributed by atoms with Gasteiger partial charge < -0.3 is 16.2 Å². The molecule has 0 radical (unpaired) electrons. The van der Waals surface area contributed by atoms with Gasteiger partial charge in [0.25, 0.3) is 5.91 Å². The maximum absolute atomic E-state index is 12.0. The normalized spacial score (nSPS) is 11.7. The van der Waals surface area contributed by atoms with Crippen LogP contribution in [0.3, 0.4) is 0 Å². The summed E-state index contributed by atoms with van der Waals surface area (Å²) in [5, 5.41) is 11.4. The maximum Gasteiger partial charge on any atom is 0.326 e. The fourth-order valence-corrected chi connectivity index (χ4v) is 1.85. The number of benzene rings is 1. The van der Waals surface area contributed by atoms with Gasteiger partial charge in [-0.15, -0.1) is 0 Å². The molecule has 0 fully saturated rings. The van der Waals surface area contributed by atoms with E-state index in [0.29, 0.717) is 5.56 Å². The number of nitrogens with one attached hydrogen (secondary N) is 1. The van der Waals surface area contributed by atoms with Gasteiger partial charge in [-0.05, 0) is 31.9 Å². The summed E-state index contributed by atoms with van der Waals surface area (Å²) in [6.07, 6.45) is -0.120. The SMILES string of the molecule is Cc1ccc(C(=O)N[C@H](CCC(N)=O)C(=O)O)c(C)c1. The molecule has 0 bridgehead atoms. The minimum atomic E-state index is -1.19. The summed E-state index contributed by atoms with van der Waals surface area (Å²) in [5.41, 5.74) is 7.18. The molecule has 1 rings (SSSR count). The Hall–Kier alpha value is -2.37. The number of carbonyl (C=O) groups is 3. The number of nitrogens with two attached hydrogens (primary N) is 1. The summed E-state index contributed by atoms with van der Waals surface area (Å²) in [6, 6.07) is 4.14. The minimum Gasteiger partial charge on any atom is -0.480 e. The first-order valence-electron chi connectivity index (χ1n) is 6.20. The van der Waals surface area contributed by atoms with Crippen molar-refractivity contribution in [1.82, 2.24) is 5.32 Å². The molecule has 0 aliphatic heterocycles. The number of carbonyl (C=O) groups excluding carboxylic acids is 2. The summed E-state index contributed by atoms with van der Waals surface area (Å²) in [6.45, 7) is 3.68. The molecular formula is C14H18N2O4. The largest absolute Gasteiger partial charge is 0.480 e. The van der Waals surface area contributed by atoms with E-state index in [4.69, 9.17) is 10.8 Å². The zero-order chi connectivity index (χ0) is 15.3. The zero-order valence-corrected chi connectivity index (χ0v) is 11.5. The monoisotopic (exact) mass is 278 g/mol. The Morgan fingerprint density at radius 2 is 1.95 bits per heavy atom. The van der Waals surface area contributed by atoms with Crippen LogP contribution < -0.4 is 11.1 Å². The lowest BCUT2D eigenvalue weighted by molar-refractivity contribution is -0.139. The summed E-state index contributed by atoms with van der Waals surface area (Å²) in [7, 11) is 0. The number of carboxylic acids is 1. The molecule has 0 aromatic heterocycles. The summed E-state index contributed by atoms with van der Waals surface area (Å²) < 4.78 is 0. The van der Waals surface area contributed by atoms with Crippen LogP contribution in [0.1, 0.15) is 34.3 Å². The first kappa shape index (κ1) is 15.7. The molecule has 0 saturated carbocycles. The standard InChI is InChI=1S/C14H18N2O4/c1-8-3-4-10(9(2)7-8)13(18)16-11(14(19)20)5-6-12(15)17/h3-4,7,11H,5-6H2,1-2H3,(H2,15,17)(H,16,18)(H,19,20)/t11-/m1/s1. The number of rotatable bonds is 6. The topological polar surface area (TPSA) is 109 Å². The lowest BCUT2D eigenvalue weighted by atomic mass is 10.0. The van der Waals surface area contributed by atoms with Crippen LogP contribution in [0.4, 0.5) is 0 Å². The molecule has 6 heteroatoms. The minimum absolute atomic E-state index is 0.0265. The molecule has 1 aromatic rings. The lowest BCUT2D eigenvalue weighted by Gasteiger charge is -2.15. The van der Waals surface area contributed by atoms with E-state index < -0.39 is 23.8 Å². The molecule has 0 aliphatic carbocycles. The molecule has 6 nitrogen and oxygen atoms in total. The average Bonchev–Trinajstić information content (AvgIpc) is 2.33. The first-order valence-corrected chi connectivity index (χ1v) is 6.20. The molecule has 1 atom stereocenters. The first-order chi connectivity index (χ1) is 9.31. The van der Waals surface area contributed by atoms with Crippen LogP contribution in [-0.2, 0) is 9.59 Å². The van der Waals surface area contributed by atoms with Crippen molar-refractivity contribution >= 4 is 17.8 Å². The molecule has 0 unspecified atom stereocenters. The predicted molar refractivity (Wildman–Crippen MR) is 73.2 cm³/mol. The molecule has 4 N–H and O–H groups in total. The van der Waals surface area contributed by atoms with E-state index in [1.807, 2.05) is 13.0 Å². The second kappa shape index (κ2) is 6.70. The second-order valence-electron chi connectivity index (χ2n) is 4.69. The number of hydrogen-bond donors (Lipinski definition) is 3. The van der Waals surface area contributed by atoms with E-state index >= 15 is 0 Å². The Kier molecular flexibility index (Phi) is 5.25. The van der Waals surface area contributed by atoms with E-state index in [1.165, 1.54) is 0 Å². The van der Waals surface area contributed by atoms with Crippen molar-refractivity contribution in [2.24, 2.45) is 5.73 Å². The van der Waals surface area contributed by atoms with Gasteiger partial charge in [-0.25, -0.2) is 4.79 Å². The maximum atomic E-state index is 12.0. The van der Waals surface area contributed by atoms with Crippen LogP contribution in [0.2, 0.25) is 0 Å². The number of primary amides is 1. The van der Waals surface area contributed by atoms with Gasteiger partial charge in [0.15, 0.2) is 0 Å². The number of aryl methyl sites for hydroxylation is 2. The Balaban J connectivity index is 2.80. The Morgan fingerprint density at radius 1 is 1.30 bits per heavy atom. The van der Waals surface area contributed by atoms with Crippen molar-refractivity contribution in [2.45, 2.75) is 32.7 Å². The highest BCUT2D eigenvalue weighted by Gasteiger charge is 2.21. The number of aliphatic carboxylic acids is 1. The molecule has 0 spiro atoms. The van der Waals surface area contributed by atoms with Crippen molar-refractivity contribution in [3.05, 3.63) is 34.9 Å². The van der Waals surface area contributed by atoms with Gasteiger partial charge in [-0.3, -0.25) is 9.59 Å². The highest BCUT2D eigenvalue weighted by Crippen LogP contribution is 2.11. The van der Waals surface area contributed by atoms with Gasteiger partial charge in [-0.2, -0.15) is 0 Å². The van der Waals surface area contributed by atoms with Crippen LogP contribution in [0.5, 0.6) is 0 Å². The van der Waals surface area contributed by atoms with Gasteiger partial charge in [0.1, 0.15) is 6.04 Å². The zero-order valence-electron chi connectivity index (χ0n) is 11.5. The fourth-order valence-electron chi connectivity index (χ4n) is 1.85. The highest BCUT2D eigenvalue weighted by atomic mass is 16.4. The van der Waals surface area contributed by atoms with Crippen LogP contribution in [0, 0.1) is 13.8 Å². The molecule has 2 amide bonds.